The Balaban J connectivity index is 2.11. The van der Waals surface area contributed by atoms with E-state index in [9.17, 15) is 0 Å². The Morgan fingerprint density at radius 2 is 1.62 bits per heavy atom. The molecule has 0 atom stereocenters. The summed E-state index contributed by atoms with van der Waals surface area (Å²) in [5, 5.41) is 7.47. The van der Waals surface area contributed by atoms with E-state index in [0.717, 1.165) is 5.75 Å². The van der Waals surface area contributed by atoms with Gasteiger partial charge in [-0.1, -0.05) is 0 Å². The van der Waals surface area contributed by atoms with Crippen molar-refractivity contribution in [1.29, 1.82) is 0 Å². The van der Waals surface area contributed by atoms with Crippen LogP contribution in [-0.4, -0.2) is 17.3 Å². The maximum absolute atomic E-state index is 5.45. The molecule has 0 unspecified atom stereocenters. The normalized spacial score (nSPS) is 9.81. The van der Waals surface area contributed by atoms with Gasteiger partial charge in [-0.25, -0.2) is 0 Å². The molecule has 0 saturated heterocycles. The molecule has 1 aromatic heterocycles. The van der Waals surface area contributed by atoms with Crippen LogP contribution in [-0.2, 0) is 0 Å². The van der Waals surface area contributed by atoms with Crippen LogP contribution in [0.4, 0.5) is 5.82 Å². The van der Waals surface area contributed by atoms with Crippen molar-refractivity contribution in [2.24, 2.45) is 0 Å². The first-order valence-electron chi connectivity index (χ1n) is 4.69. The van der Waals surface area contributed by atoms with Gasteiger partial charge in [-0.2, -0.15) is 0 Å². The number of hydrogen-bond acceptors (Lipinski definition) is 5. The van der Waals surface area contributed by atoms with Crippen molar-refractivity contribution in [1.82, 2.24) is 10.2 Å². The van der Waals surface area contributed by atoms with Crippen molar-refractivity contribution in [3.05, 3.63) is 36.4 Å². The zero-order valence-electron chi connectivity index (χ0n) is 8.75. The summed E-state index contributed by atoms with van der Waals surface area (Å²) in [5.74, 6) is 2.21. The molecule has 1 aromatic carbocycles. The van der Waals surface area contributed by atoms with Gasteiger partial charge in [0, 0.05) is 6.07 Å². The number of anilines is 1. The Kier molecular flexibility index (Phi) is 2.86. The van der Waals surface area contributed by atoms with Crippen LogP contribution >= 0.6 is 0 Å². The summed E-state index contributed by atoms with van der Waals surface area (Å²) in [7, 11) is 1.61. The van der Waals surface area contributed by atoms with E-state index in [-0.39, 0.29) is 0 Å². The second-order valence-electron chi connectivity index (χ2n) is 3.07. The Labute approximate surface area is 92.8 Å². The van der Waals surface area contributed by atoms with E-state index in [4.69, 9.17) is 15.2 Å². The van der Waals surface area contributed by atoms with E-state index in [1.165, 1.54) is 0 Å². The largest absolute Gasteiger partial charge is 0.497 e. The number of methoxy groups -OCH3 is 1. The molecule has 0 fully saturated rings. The van der Waals surface area contributed by atoms with Crippen LogP contribution in [0.15, 0.2) is 36.4 Å². The summed E-state index contributed by atoms with van der Waals surface area (Å²) in [5.41, 5.74) is 5.41. The molecule has 0 aliphatic rings. The van der Waals surface area contributed by atoms with Gasteiger partial charge in [0.05, 0.1) is 7.11 Å². The third-order valence-electron chi connectivity index (χ3n) is 1.94. The van der Waals surface area contributed by atoms with Gasteiger partial charge < -0.3 is 15.2 Å². The molecule has 0 amide bonds. The summed E-state index contributed by atoms with van der Waals surface area (Å²) in [6.07, 6.45) is 0. The molecule has 0 bridgehead atoms. The first-order valence-corrected chi connectivity index (χ1v) is 4.69. The van der Waals surface area contributed by atoms with E-state index in [0.29, 0.717) is 17.4 Å². The lowest BCUT2D eigenvalue weighted by atomic mass is 10.3. The lowest BCUT2D eigenvalue weighted by Gasteiger charge is -2.04. The number of aromatic nitrogens is 2. The summed E-state index contributed by atoms with van der Waals surface area (Å²) in [6.45, 7) is 0. The van der Waals surface area contributed by atoms with E-state index >= 15 is 0 Å². The summed E-state index contributed by atoms with van der Waals surface area (Å²) in [6, 6.07) is 10.5. The van der Waals surface area contributed by atoms with Crippen molar-refractivity contribution < 1.29 is 9.47 Å². The van der Waals surface area contributed by atoms with E-state index in [2.05, 4.69) is 10.2 Å². The Bertz CT molecular complexity index is 454. The highest BCUT2D eigenvalue weighted by molar-refractivity contribution is 5.34. The van der Waals surface area contributed by atoms with Crippen molar-refractivity contribution in [3.63, 3.8) is 0 Å². The van der Waals surface area contributed by atoms with E-state index in [1.54, 1.807) is 43.5 Å². The van der Waals surface area contributed by atoms with Gasteiger partial charge in [0.15, 0.2) is 0 Å². The molecule has 5 nitrogen and oxygen atoms in total. The molecule has 0 spiro atoms. The third kappa shape index (κ3) is 2.38. The third-order valence-corrected chi connectivity index (χ3v) is 1.94. The molecule has 0 aliphatic carbocycles. The first kappa shape index (κ1) is 10.2. The van der Waals surface area contributed by atoms with E-state index < -0.39 is 0 Å². The summed E-state index contributed by atoms with van der Waals surface area (Å²) >= 11 is 0. The average Bonchev–Trinajstić information content (AvgIpc) is 2.33. The minimum Gasteiger partial charge on any atom is -0.497 e. The Morgan fingerprint density at radius 3 is 2.19 bits per heavy atom. The molecule has 2 aromatic rings. The number of nitrogens with zero attached hydrogens (tertiary/aromatic N) is 2. The number of benzene rings is 1. The molecular formula is C11H11N3O2. The minimum atomic E-state index is 0.363. The fourth-order valence-corrected chi connectivity index (χ4v) is 1.15. The van der Waals surface area contributed by atoms with Gasteiger partial charge in [0.1, 0.15) is 17.3 Å². The lowest BCUT2D eigenvalue weighted by Crippen LogP contribution is -1.94. The molecule has 2 rings (SSSR count). The topological polar surface area (TPSA) is 70.3 Å². The lowest BCUT2D eigenvalue weighted by molar-refractivity contribution is 0.412. The minimum absolute atomic E-state index is 0.363. The molecule has 0 radical (unpaired) electrons. The van der Waals surface area contributed by atoms with Crippen LogP contribution in [0.3, 0.4) is 0 Å². The number of nitrogen functional groups attached to an aromatic ring is 1. The Morgan fingerprint density at radius 1 is 0.938 bits per heavy atom. The highest BCUT2D eigenvalue weighted by Crippen LogP contribution is 2.21. The quantitative estimate of drug-likeness (QED) is 0.849. The zero-order valence-corrected chi connectivity index (χ0v) is 8.75. The summed E-state index contributed by atoms with van der Waals surface area (Å²) < 4.78 is 10.5. The van der Waals surface area contributed by atoms with Crippen LogP contribution in [0.2, 0.25) is 0 Å². The molecule has 5 heteroatoms. The molecule has 1 heterocycles. The number of nitrogens with two attached hydrogens (primary N) is 1. The van der Waals surface area contributed by atoms with Gasteiger partial charge in [0.25, 0.3) is 0 Å². The predicted octanol–water partition coefficient (Wildman–Crippen LogP) is 1.86. The van der Waals surface area contributed by atoms with Gasteiger partial charge in [0.2, 0.25) is 5.88 Å². The van der Waals surface area contributed by atoms with Crippen LogP contribution in [0.5, 0.6) is 17.4 Å². The molecule has 82 valence electrons. The second-order valence-corrected chi connectivity index (χ2v) is 3.07. The number of ether oxygens (including phenoxy) is 2. The fourth-order valence-electron chi connectivity index (χ4n) is 1.15. The standard InChI is InChI=1S/C11H11N3O2/c1-15-8-2-4-9(5-3-8)16-11-7-6-10(12)13-14-11/h2-7H,1H3,(H2,12,13). The van der Waals surface area contributed by atoms with Crippen LogP contribution in [0.1, 0.15) is 0 Å². The van der Waals surface area contributed by atoms with Crippen molar-refractivity contribution >= 4 is 5.82 Å². The monoisotopic (exact) mass is 217 g/mol. The maximum Gasteiger partial charge on any atom is 0.238 e. The average molecular weight is 217 g/mol. The van der Waals surface area contributed by atoms with Crippen molar-refractivity contribution in [2.75, 3.05) is 12.8 Å². The predicted molar refractivity (Wildman–Crippen MR) is 59.5 cm³/mol. The smallest absolute Gasteiger partial charge is 0.238 e. The second kappa shape index (κ2) is 4.48. The molecule has 0 saturated carbocycles. The zero-order chi connectivity index (χ0) is 11.4. The summed E-state index contributed by atoms with van der Waals surface area (Å²) in [4.78, 5) is 0. The van der Waals surface area contributed by atoms with Gasteiger partial charge in [-0.3, -0.25) is 0 Å². The molecular weight excluding hydrogens is 206 g/mol. The van der Waals surface area contributed by atoms with Crippen molar-refractivity contribution in [3.8, 4) is 17.4 Å². The highest BCUT2D eigenvalue weighted by atomic mass is 16.5. The number of hydrogen-bond donors (Lipinski definition) is 1. The molecule has 0 aliphatic heterocycles. The van der Waals surface area contributed by atoms with Gasteiger partial charge >= 0.3 is 0 Å². The first-order chi connectivity index (χ1) is 7.78. The number of rotatable bonds is 3. The molecule has 16 heavy (non-hydrogen) atoms. The van der Waals surface area contributed by atoms with Crippen molar-refractivity contribution in [2.45, 2.75) is 0 Å². The van der Waals surface area contributed by atoms with Gasteiger partial charge in [-0.15, -0.1) is 10.2 Å². The van der Waals surface area contributed by atoms with Gasteiger partial charge in [-0.05, 0) is 30.3 Å². The Hall–Kier alpha value is -2.30. The van der Waals surface area contributed by atoms with Crippen LogP contribution < -0.4 is 15.2 Å². The SMILES string of the molecule is COc1ccc(Oc2ccc(N)nn2)cc1. The van der Waals surface area contributed by atoms with E-state index in [1.807, 2.05) is 0 Å². The maximum atomic E-state index is 5.45. The fraction of sp³-hybridized carbons (Fsp3) is 0.0909. The van der Waals surface area contributed by atoms with Crippen LogP contribution in [0, 0.1) is 0 Å². The highest BCUT2D eigenvalue weighted by Gasteiger charge is 1.99. The van der Waals surface area contributed by atoms with Crippen LogP contribution in [0.25, 0.3) is 0 Å². The molecule has 2 N–H and O–H groups in total.